The second-order valence-corrected chi connectivity index (χ2v) is 17.2. The summed E-state index contributed by atoms with van der Waals surface area (Å²) in [6.07, 6.45) is 53.4. The Hall–Kier alpha value is -1.92. The molecule has 3 unspecified atom stereocenters. The van der Waals surface area contributed by atoms with Gasteiger partial charge < -0.3 is 20.3 Å². The average Bonchev–Trinajstić information content (AvgIpc) is 3.22. The zero-order chi connectivity index (χ0) is 42.4. The minimum Gasteiger partial charge on any atom is -0.462 e. The Morgan fingerprint density at radius 2 is 0.879 bits per heavy atom. The predicted molar refractivity (Wildman–Crippen MR) is 250 cm³/mol. The van der Waals surface area contributed by atoms with E-state index in [0.29, 0.717) is 19.3 Å². The van der Waals surface area contributed by atoms with Crippen molar-refractivity contribution in [1.29, 1.82) is 0 Å². The summed E-state index contributed by atoms with van der Waals surface area (Å²) < 4.78 is 5.92. The molecule has 340 valence electrons. The highest BCUT2D eigenvalue weighted by Gasteiger charge is 2.24. The molecule has 0 rings (SSSR count). The molecule has 0 saturated heterocycles. The number of carbonyl (C=O) groups excluding carboxylic acids is 2. The van der Waals surface area contributed by atoms with Crippen LogP contribution in [0.1, 0.15) is 258 Å². The lowest BCUT2D eigenvalue weighted by Crippen LogP contribution is -2.46. The fraction of sp³-hybridized carbons (Fsp3) is 0.846. The normalized spacial score (nSPS) is 13.5. The van der Waals surface area contributed by atoms with Crippen molar-refractivity contribution in [3.05, 3.63) is 36.5 Å². The highest BCUT2D eigenvalue weighted by molar-refractivity contribution is 5.77. The van der Waals surface area contributed by atoms with Crippen molar-refractivity contribution < 1.29 is 24.5 Å². The third kappa shape index (κ3) is 40.8. The summed E-state index contributed by atoms with van der Waals surface area (Å²) in [5.74, 6) is -0.486. The maximum Gasteiger partial charge on any atom is 0.306 e. The number of unbranched alkanes of at least 4 members (excludes halogenated alkanes) is 27. The quantitative estimate of drug-likeness (QED) is 0.0323. The van der Waals surface area contributed by atoms with E-state index in [1.807, 2.05) is 0 Å². The van der Waals surface area contributed by atoms with Crippen molar-refractivity contribution in [3.63, 3.8) is 0 Å². The van der Waals surface area contributed by atoms with Crippen LogP contribution in [0.3, 0.4) is 0 Å². The maximum atomic E-state index is 13.2. The summed E-state index contributed by atoms with van der Waals surface area (Å²) in [5, 5.41) is 23.7. The summed E-state index contributed by atoms with van der Waals surface area (Å²) in [4.78, 5) is 26.1. The molecule has 0 aliphatic carbocycles. The second kappa shape index (κ2) is 46.2. The number of carbonyl (C=O) groups is 2. The third-order valence-electron chi connectivity index (χ3n) is 11.4. The van der Waals surface area contributed by atoms with Gasteiger partial charge in [-0.15, -0.1) is 0 Å². The molecule has 1 amide bonds. The third-order valence-corrected chi connectivity index (χ3v) is 11.4. The Labute approximate surface area is 360 Å². The van der Waals surface area contributed by atoms with Crippen molar-refractivity contribution in [1.82, 2.24) is 5.32 Å². The number of allylic oxidation sites excluding steroid dienone is 6. The monoisotopic (exact) mass is 816 g/mol. The van der Waals surface area contributed by atoms with Crippen LogP contribution >= 0.6 is 0 Å². The molecular formula is C52H97NO5. The van der Waals surface area contributed by atoms with E-state index < -0.39 is 18.2 Å². The number of esters is 1. The number of amides is 1. The predicted octanol–water partition coefficient (Wildman–Crippen LogP) is 14.9. The first-order valence-electron chi connectivity index (χ1n) is 25.2. The molecule has 0 bridgehead atoms. The number of nitrogens with one attached hydrogen (secondary N) is 1. The number of aliphatic hydroxyl groups is 2. The molecule has 0 spiro atoms. The summed E-state index contributed by atoms with van der Waals surface area (Å²) in [6, 6.07) is -0.702. The summed E-state index contributed by atoms with van der Waals surface area (Å²) in [7, 11) is 0. The molecule has 0 aromatic carbocycles. The lowest BCUT2D eigenvalue weighted by atomic mass is 10.0. The second-order valence-electron chi connectivity index (χ2n) is 17.2. The van der Waals surface area contributed by atoms with Gasteiger partial charge in [-0.1, -0.05) is 198 Å². The Balaban J connectivity index is 4.60. The van der Waals surface area contributed by atoms with Crippen LogP contribution in [0, 0.1) is 0 Å². The fourth-order valence-electron chi connectivity index (χ4n) is 7.57. The van der Waals surface area contributed by atoms with E-state index in [0.717, 1.165) is 77.0 Å². The summed E-state index contributed by atoms with van der Waals surface area (Å²) in [6.45, 7) is 6.42. The van der Waals surface area contributed by atoms with Crippen LogP contribution in [0.25, 0.3) is 0 Å². The number of rotatable bonds is 45. The van der Waals surface area contributed by atoms with E-state index in [-0.39, 0.29) is 24.9 Å². The minimum atomic E-state index is -0.788. The largest absolute Gasteiger partial charge is 0.462 e. The van der Waals surface area contributed by atoms with Crippen LogP contribution in [0.4, 0.5) is 0 Å². The fourth-order valence-corrected chi connectivity index (χ4v) is 7.57. The molecule has 58 heavy (non-hydrogen) atoms. The van der Waals surface area contributed by atoms with Gasteiger partial charge >= 0.3 is 5.97 Å². The van der Waals surface area contributed by atoms with Crippen molar-refractivity contribution >= 4 is 11.9 Å². The van der Waals surface area contributed by atoms with Gasteiger partial charge in [-0.3, -0.25) is 9.59 Å². The number of ether oxygens (including phenoxy) is 1. The standard InChI is InChI=1S/C52H97NO5/c1-4-7-10-13-16-19-22-24-25-26-27-28-29-31-34-37-40-43-48(58-52(57)45-42-39-36-33-30-23-20-17-14-11-8-5-2)46-51(56)53-49(47-54)50(55)44-41-38-35-32-21-18-15-12-9-6-3/h16-17,19-20,24-25,48-50,54-55H,4-15,18,21-23,26-47H2,1-3H3,(H,53,56)/b19-16-,20-17-,25-24-. The van der Waals surface area contributed by atoms with Gasteiger partial charge in [0.15, 0.2) is 0 Å². The van der Waals surface area contributed by atoms with Gasteiger partial charge in [0, 0.05) is 6.42 Å². The van der Waals surface area contributed by atoms with Crippen molar-refractivity contribution in [3.8, 4) is 0 Å². The van der Waals surface area contributed by atoms with Crippen LogP contribution in [0.5, 0.6) is 0 Å². The van der Waals surface area contributed by atoms with Crippen LogP contribution in [-0.2, 0) is 14.3 Å². The van der Waals surface area contributed by atoms with Gasteiger partial charge in [0.05, 0.1) is 25.2 Å². The highest BCUT2D eigenvalue weighted by atomic mass is 16.5. The molecule has 0 aliphatic rings. The summed E-state index contributed by atoms with van der Waals surface area (Å²) in [5.41, 5.74) is 0. The molecule has 0 saturated carbocycles. The van der Waals surface area contributed by atoms with Crippen molar-refractivity contribution in [2.75, 3.05) is 6.61 Å². The molecular weight excluding hydrogens is 719 g/mol. The number of hydrogen-bond acceptors (Lipinski definition) is 5. The maximum absolute atomic E-state index is 13.2. The van der Waals surface area contributed by atoms with Crippen molar-refractivity contribution in [2.45, 2.75) is 277 Å². The first-order valence-corrected chi connectivity index (χ1v) is 25.2. The molecule has 0 aromatic rings. The molecule has 3 atom stereocenters. The topological polar surface area (TPSA) is 95.9 Å². The van der Waals surface area contributed by atoms with E-state index in [1.54, 1.807) is 0 Å². The average molecular weight is 816 g/mol. The van der Waals surface area contributed by atoms with Gasteiger partial charge in [0.25, 0.3) is 0 Å². The van der Waals surface area contributed by atoms with Gasteiger partial charge in [-0.05, 0) is 83.5 Å². The Kier molecular flexibility index (Phi) is 44.6. The first kappa shape index (κ1) is 56.1. The molecule has 6 heteroatoms. The SMILES string of the molecule is CCCCC/C=C\C/C=C\CCCCCCCCCC(CC(=O)NC(CO)C(O)CCCCCCCCCCCC)OC(=O)CCCCCCC/C=C\CCCCC. The van der Waals surface area contributed by atoms with Crippen LogP contribution < -0.4 is 5.32 Å². The summed E-state index contributed by atoms with van der Waals surface area (Å²) >= 11 is 0. The van der Waals surface area contributed by atoms with E-state index in [1.165, 1.54) is 135 Å². The Morgan fingerprint density at radius 1 is 0.500 bits per heavy atom. The first-order chi connectivity index (χ1) is 28.5. The molecule has 0 heterocycles. The van der Waals surface area contributed by atoms with E-state index in [4.69, 9.17) is 4.74 Å². The molecule has 0 aromatic heterocycles. The van der Waals surface area contributed by atoms with E-state index in [9.17, 15) is 19.8 Å². The zero-order valence-electron chi connectivity index (χ0n) is 38.7. The van der Waals surface area contributed by atoms with Gasteiger partial charge in [0.1, 0.15) is 6.10 Å². The Morgan fingerprint density at radius 3 is 1.36 bits per heavy atom. The molecule has 0 aliphatic heterocycles. The number of hydrogen-bond donors (Lipinski definition) is 3. The Bertz CT molecular complexity index is 961. The highest BCUT2D eigenvalue weighted by Crippen LogP contribution is 2.18. The molecule has 6 nitrogen and oxygen atoms in total. The molecule has 3 N–H and O–H groups in total. The lowest BCUT2D eigenvalue weighted by molar-refractivity contribution is -0.151. The molecule has 0 radical (unpaired) electrons. The van der Waals surface area contributed by atoms with Gasteiger partial charge in [0.2, 0.25) is 5.91 Å². The smallest absolute Gasteiger partial charge is 0.306 e. The van der Waals surface area contributed by atoms with E-state index in [2.05, 4.69) is 62.5 Å². The molecule has 0 fully saturated rings. The van der Waals surface area contributed by atoms with Crippen LogP contribution in [-0.4, -0.2) is 46.9 Å². The van der Waals surface area contributed by atoms with E-state index >= 15 is 0 Å². The van der Waals surface area contributed by atoms with Gasteiger partial charge in [-0.2, -0.15) is 0 Å². The van der Waals surface area contributed by atoms with Crippen molar-refractivity contribution in [2.24, 2.45) is 0 Å². The van der Waals surface area contributed by atoms with Crippen LogP contribution in [0.15, 0.2) is 36.5 Å². The lowest BCUT2D eigenvalue weighted by Gasteiger charge is -2.24. The number of aliphatic hydroxyl groups excluding tert-OH is 2. The zero-order valence-corrected chi connectivity index (χ0v) is 38.7. The van der Waals surface area contributed by atoms with Crippen LogP contribution in [0.2, 0.25) is 0 Å². The minimum absolute atomic E-state index is 0.0708. The van der Waals surface area contributed by atoms with Gasteiger partial charge in [-0.25, -0.2) is 0 Å².